The summed E-state index contributed by atoms with van der Waals surface area (Å²) in [6, 6.07) is 0. The molecule has 2 heterocycles. The predicted octanol–water partition coefficient (Wildman–Crippen LogP) is 0.484. The van der Waals surface area contributed by atoms with Crippen LogP contribution in [0.2, 0.25) is 0 Å². The monoisotopic (exact) mass is 337 g/mol. The Kier molecular flexibility index (Phi) is 5.38. The molecule has 0 aromatic carbocycles. The Labute approximate surface area is 139 Å². The van der Waals surface area contributed by atoms with Gasteiger partial charge in [0.05, 0.1) is 6.10 Å². The number of carboxylic acids is 1. The molecule has 0 aliphatic carbocycles. The minimum atomic E-state index is -1.42. The van der Waals surface area contributed by atoms with Gasteiger partial charge in [-0.15, -0.1) is 0 Å². The van der Waals surface area contributed by atoms with E-state index in [1.165, 1.54) is 17.3 Å². The lowest BCUT2D eigenvalue weighted by Crippen LogP contribution is -2.57. The van der Waals surface area contributed by atoms with Crippen molar-refractivity contribution in [3.8, 4) is 0 Å². The Morgan fingerprint density at radius 2 is 2.21 bits per heavy atom. The molecule has 1 saturated heterocycles. The second-order valence-corrected chi connectivity index (χ2v) is 6.69. The first-order valence-corrected chi connectivity index (χ1v) is 8.02. The highest BCUT2D eigenvalue weighted by atomic mass is 16.4. The first kappa shape index (κ1) is 18.1. The number of aromatic amines is 1. The third-order valence-corrected chi connectivity index (χ3v) is 4.57. The summed E-state index contributed by atoms with van der Waals surface area (Å²) in [7, 11) is 0. The van der Waals surface area contributed by atoms with Crippen LogP contribution in [0.3, 0.4) is 0 Å². The second kappa shape index (κ2) is 7.12. The molecule has 0 saturated carbocycles. The van der Waals surface area contributed by atoms with Crippen molar-refractivity contribution in [3.05, 3.63) is 28.4 Å². The maximum Gasteiger partial charge on any atom is 0.314 e. The summed E-state index contributed by atoms with van der Waals surface area (Å²) in [5.41, 5.74) is -2.30. The predicted molar refractivity (Wildman–Crippen MR) is 85.5 cm³/mol. The Hall–Kier alpha value is -2.22. The van der Waals surface area contributed by atoms with Crippen molar-refractivity contribution in [2.24, 2.45) is 11.3 Å². The molecule has 3 N–H and O–H groups in total. The van der Waals surface area contributed by atoms with Crippen molar-refractivity contribution < 1.29 is 19.8 Å². The van der Waals surface area contributed by atoms with E-state index in [0.29, 0.717) is 6.42 Å². The van der Waals surface area contributed by atoms with E-state index in [1.807, 2.05) is 13.8 Å². The van der Waals surface area contributed by atoms with Gasteiger partial charge in [-0.1, -0.05) is 13.8 Å². The van der Waals surface area contributed by atoms with Crippen LogP contribution in [-0.4, -0.2) is 56.2 Å². The molecule has 8 heteroatoms. The number of carboxylic acid groups (broad SMARTS) is 1. The second-order valence-electron chi connectivity index (χ2n) is 6.69. The van der Waals surface area contributed by atoms with E-state index in [2.05, 4.69) is 9.97 Å². The van der Waals surface area contributed by atoms with Gasteiger partial charge in [-0.25, -0.2) is 4.98 Å². The van der Waals surface area contributed by atoms with Gasteiger partial charge in [-0.3, -0.25) is 14.4 Å². The zero-order valence-corrected chi connectivity index (χ0v) is 13.9. The SMILES string of the molecule is CC(C)CC[C@@]1(C(=O)O)CN(C(=O)c2ncc[nH]c2=O)CC[C@H]1O. The van der Waals surface area contributed by atoms with E-state index in [9.17, 15) is 24.6 Å². The number of nitrogens with one attached hydrogen (secondary N) is 1. The van der Waals surface area contributed by atoms with Crippen LogP contribution >= 0.6 is 0 Å². The Balaban J connectivity index is 2.28. The number of aliphatic hydroxyl groups is 1. The number of aromatic nitrogens is 2. The number of carbonyl (C=O) groups is 2. The molecular weight excluding hydrogens is 314 g/mol. The average molecular weight is 337 g/mol. The molecule has 1 amide bonds. The van der Waals surface area contributed by atoms with Crippen LogP contribution in [0.25, 0.3) is 0 Å². The van der Waals surface area contributed by atoms with Crippen LogP contribution in [-0.2, 0) is 4.79 Å². The number of aliphatic hydroxyl groups excluding tert-OH is 1. The molecule has 2 atom stereocenters. The molecular formula is C16H23N3O5. The molecule has 2 rings (SSSR count). The fourth-order valence-corrected chi connectivity index (χ4v) is 3.02. The van der Waals surface area contributed by atoms with Crippen molar-refractivity contribution in [2.45, 2.75) is 39.2 Å². The van der Waals surface area contributed by atoms with Crippen molar-refractivity contribution in [1.29, 1.82) is 0 Å². The van der Waals surface area contributed by atoms with Gasteiger partial charge in [0.25, 0.3) is 11.5 Å². The van der Waals surface area contributed by atoms with Crippen LogP contribution in [0, 0.1) is 11.3 Å². The normalized spacial score (nSPS) is 24.2. The van der Waals surface area contributed by atoms with E-state index < -0.39 is 29.0 Å². The molecule has 1 aromatic rings. The van der Waals surface area contributed by atoms with Gasteiger partial charge in [-0.2, -0.15) is 0 Å². The summed E-state index contributed by atoms with van der Waals surface area (Å²) in [6.45, 7) is 4.00. The number of likely N-dealkylation sites (tertiary alicyclic amines) is 1. The number of hydrogen-bond acceptors (Lipinski definition) is 5. The molecule has 1 aliphatic rings. The van der Waals surface area contributed by atoms with E-state index in [-0.39, 0.29) is 37.5 Å². The summed E-state index contributed by atoms with van der Waals surface area (Å²) in [5.74, 6) is -1.46. The molecule has 1 aromatic heterocycles. The highest BCUT2D eigenvalue weighted by Gasteiger charge is 2.50. The van der Waals surface area contributed by atoms with Gasteiger partial charge in [0.15, 0.2) is 5.69 Å². The molecule has 8 nitrogen and oxygen atoms in total. The van der Waals surface area contributed by atoms with E-state index in [1.54, 1.807) is 0 Å². The first-order valence-electron chi connectivity index (χ1n) is 8.02. The van der Waals surface area contributed by atoms with Crippen LogP contribution in [0.5, 0.6) is 0 Å². The number of nitrogens with zero attached hydrogens (tertiary/aromatic N) is 2. The Bertz CT molecular complexity index is 672. The number of hydrogen-bond donors (Lipinski definition) is 3. The van der Waals surface area contributed by atoms with E-state index in [4.69, 9.17) is 0 Å². The summed E-state index contributed by atoms with van der Waals surface area (Å²) in [4.78, 5) is 43.7. The Morgan fingerprint density at radius 3 is 2.79 bits per heavy atom. The van der Waals surface area contributed by atoms with Crippen molar-refractivity contribution in [3.63, 3.8) is 0 Å². The molecule has 0 unspecified atom stereocenters. The zero-order chi connectivity index (χ0) is 17.9. The summed E-state index contributed by atoms with van der Waals surface area (Å²) in [5, 5.41) is 20.0. The van der Waals surface area contributed by atoms with Gasteiger partial charge in [0, 0.05) is 25.5 Å². The lowest BCUT2D eigenvalue weighted by molar-refractivity contribution is -0.163. The Morgan fingerprint density at radius 1 is 1.50 bits per heavy atom. The minimum Gasteiger partial charge on any atom is -0.481 e. The summed E-state index contributed by atoms with van der Waals surface area (Å²) >= 11 is 0. The first-order chi connectivity index (χ1) is 11.3. The van der Waals surface area contributed by atoms with Gasteiger partial charge < -0.3 is 20.1 Å². The van der Waals surface area contributed by atoms with Crippen molar-refractivity contribution >= 4 is 11.9 Å². The zero-order valence-electron chi connectivity index (χ0n) is 13.9. The van der Waals surface area contributed by atoms with Gasteiger partial charge in [0.1, 0.15) is 5.41 Å². The smallest absolute Gasteiger partial charge is 0.314 e. The third-order valence-electron chi connectivity index (χ3n) is 4.57. The molecule has 0 bridgehead atoms. The molecule has 1 fully saturated rings. The highest BCUT2D eigenvalue weighted by Crippen LogP contribution is 2.37. The van der Waals surface area contributed by atoms with Gasteiger partial charge >= 0.3 is 5.97 Å². The minimum absolute atomic E-state index is 0.134. The number of carbonyl (C=O) groups excluding carboxylic acids is 1. The molecule has 132 valence electrons. The molecule has 0 radical (unpaired) electrons. The standard InChI is InChI=1S/C16H23N3O5/c1-10(2)3-5-16(15(23)24)9-19(8-4-11(16)20)14(22)12-13(21)18-7-6-17-12/h6-7,10-11,20H,3-5,8-9H2,1-2H3,(H,18,21)(H,23,24)/t11-,16-/m1/s1. The van der Waals surface area contributed by atoms with Gasteiger partial charge in [-0.05, 0) is 25.2 Å². The molecule has 24 heavy (non-hydrogen) atoms. The topological polar surface area (TPSA) is 124 Å². The quantitative estimate of drug-likeness (QED) is 0.718. The lowest BCUT2D eigenvalue weighted by atomic mass is 9.72. The summed E-state index contributed by atoms with van der Waals surface area (Å²) in [6.07, 6.45) is 2.64. The van der Waals surface area contributed by atoms with Crippen LogP contribution in [0.15, 0.2) is 17.2 Å². The van der Waals surface area contributed by atoms with Crippen LogP contribution in [0.4, 0.5) is 0 Å². The summed E-state index contributed by atoms with van der Waals surface area (Å²) < 4.78 is 0. The van der Waals surface area contributed by atoms with Crippen LogP contribution in [0.1, 0.15) is 43.6 Å². The maximum atomic E-state index is 12.5. The van der Waals surface area contributed by atoms with Crippen molar-refractivity contribution in [2.75, 3.05) is 13.1 Å². The van der Waals surface area contributed by atoms with E-state index >= 15 is 0 Å². The number of rotatable bonds is 5. The largest absolute Gasteiger partial charge is 0.481 e. The molecule has 0 spiro atoms. The van der Waals surface area contributed by atoms with Gasteiger partial charge in [0.2, 0.25) is 0 Å². The maximum absolute atomic E-state index is 12.5. The highest BCUT2D eigenvalue weighted by molar-refractivity contribution is 5.92. The number of H-pyrrole nitrogens is 1. The van der Waals surface area contributed by atoms with Crippen LogP contribution < -0.4 is 5.56 Å². The fraction of sp³-hybridized carbons (Fsp3) is 0.625. The molecule has 1 aliphatic heterocycles. The third kappa shape index (κ3) is 3.48. The van der Waals surface area contributed by atoms with Crippen molar-refractivity contribution in [1.82, 2.24) is 14.9 Å². The number of amides is 1. The average Bonchev–Trinajstić information content (AvgIpc) is 2.53. The lowest BCUT2D eigenvalue weighted by Gasteiger charge is -2.43. The number of aliphatic carboxylic acids is 1. The van der Waals surface area contributed by atoms with E-state index in [0.717, 1.165) is 0 Å². The number of piperidine rings is 1. The fourth-order valence-electron chi connectivity index (χ4n) is 3.02.